The van der Waals surface area contributed by atoms with Crippen LogP contribution in [0.5, 0.6) is 11.5 Å². The van der Waals surface area contributed by atoms with E-state index in [1.807, 2.05) is 36.4 Å². The van der Waals surface area contributed by atoms with Crippen LogP contribution in [0.3, 0.4) is 0 Å². The van der Waals surface area contributed by atoms with Gasteiger partial charge in [0.15, 0.2) is 0 Å². The summed E-state index contributed by atoms with van der Waals surface area (Å²) in [7, 11) is 0. The van der Waals surface area contributed by atoms with Gasteiger partial charge < -0.3 is 4.74 Å². The van der Waals surface area contributed by atoms with E-state index < -0.39 is 0 Å². The Morgan fingerprint density at radius 2 is 1.35 bits per heavy atom. The van der Waals surface area contributed by atoms with Gasteiger partial charge in [-0.1, -0.05) is 23.7 Å². The lowest BCUT2D eigenvalue weighted by atomic mass is 10.2. The molecule has 0 aliphatic rings. The smallest absolute Gasteiger partial charge is 0.127 e. The molecule has 0 bridgehead atoms. The van der Waals surface area contributed by atoms with Crippen molar-refractivity contribution in [3.8, 4) is 11.5 Å². The summed E-state index contributed by atoms with van der Waals surface area (Å²) in [6, 6.07) is 14.7. The highest BCUT2D eigenvalue weighted by Gasteiger charge is 2.02. The maximum absolute atomic E-state index is 5.84. The van der Waals surface area contributed by atoms with Crippen LogP contribution in [0.15, 0.2) is 48.5 Å². The average Bonchev–Trinajstić information content (AvgIpc) is 2.33. The molecule has 0 N–H and O–H groups in total. The number of ether oxygens (including phenoxy) is 1. The van der Waals surface area contributed by atoms with E-state index >= 15 is 0 Å². The summed E-state index contributed by atoms with van der Waals surface area (Å²) in [6.07, 6.45) is 0. The maximum Gasteiger partial charge on any atom is 0.127 e. The van der Waals surface area contributed by atoms with E-state index in [0.29, 0.717) is 5.02 Å². The third-order valence-corrected chi connectivity index (χ3v) is 3.01. The van der Waals surface area contributed by atoms with Gasteiger partial charge in [0.05, 0.1) is 0 Å². The molecular weight excluding hydrogens is 275 g/mol. The lowest BCUT2D eigenvalue weighted by molar-refractivity contribution is 0.482. The number of hydrogen-bond acceptors (Lipinski definition) is 2. The van der Waals surface area contributed by atoms with E-state index in [9.17, 15) is 0 Å². The molecule has 0 saturated heterocycles. The summed E-state index contributed by atoms with van der Waals surface area (Å²) in [4.78, 5) is 0. The molecular formula is C13H10Cl2OS. The molecule has 0 amide bonds. The van der Waals surface area contributed by atoms with E-state index in [4.69, 9.17) is 27.9 Å². The Morgan fingerprint density at radius 1 is 0.882 bits per heavy atom. The highest BCUT2D eigenvalue weighted by atomic mass is 35.5. The van der Waals surface area contributed by atoms with Gasteiger partial charge in [-0.05, 0) is 42.0 Å². The SMILES string of the molecule is SC(Cl)c1ccc(Oc2ccc(Cl)cc2)cc1. The van der Waals surface area contributed by atoms with Crippen LogP contribution >= 0.6 is 35.8 Å². The van der Waals surface area contributed by atoms with Gasteiger partial charge in [0.1, 0.15) is 16.2 Å². The molecule has 1 unspecified atom stereocenters. The minimum atomic E-state index is -0.292. The number of rotatable bonds is 3. The molecule has 0 aliphatic heterocycles. The minimum absolute atomic E-state index is 0.292. The van der Waals surface area contributed by atoms with E-state index in [1.165, 1.54) is 0 Å². The van der Waals surface area contributed by atoms with Crippen LogP contribution in [0, 0.1) is 0 Å². The van der Waals surface area contributed by atoms with Crippen LogP contribution in [0.2, 0.25) is 5.02 Å². The molecule has 2 aromatic rings. The third kappa shape index (κ3) is 3.56. The fraction of sp³-hybridized carbons (Fsp3) is 0.0769. The normalized spacial score (nSPS) is 12.2. The molecule has 2 rings (SSSR count). The van der Waals surface area contributed by atoms with Crippen LogP contribution < -0.4 is 4.74 Å². The quantitative estimate of drug-likeness (QED) is 0.594. The summed E-state index contributed by atoms with van der Waals surface area (Å²) in [5, 5.41) is 0.688. The molecule has 0 aliphatic carbocycles. The Morgan fingerprint density at radius 3 is 1.82 bits per heavy atom. The third-order valence-electron chi connectivity index (χ3n) is 2.20. The lowest BCUT2D eigenvalue weighted by Gasteiger charge is -2.07. The summed E-state index contributed by atoms with van der Waals surface area (Å²) in [5.74, 6) is 1.50. The first-order valence-corrected chi connectivity index (χ1v) is 6.34. The fourth-order valence-corrected chi connectivity index (χ4v) is 1.78. The number of halogens is 2. The van der Waals surface area contributed by atoms with E-state index in [-0.39, 0.29) is 4.71 Å². The van der Waals surface area contributed by atoms with Gasteiger partial charge >= 0.3 is 0 Å². The zero-order valence-electron chi connectivity index (χ0n) is 8.81. The molecule has 0 heterocycles. The average molecular weight is 285 g/mol. The maximum atomic E-state index is 5.84. The minimum Gasteiger partial charge on any atom is -0.457 e. The fourth-order valence-electron chi connectivity index (χ4n) is 1.33. The van der Waals surface area contributed by atoms with Crippen molar-refractivity contribution in [1.82, 2.24) is 0 Å². The van der Waals surface area contributed by atoms with Crippen LogP contribution in [0.25, 0.3) is 0 Å². The Kier molecular flexibility index (Phi) is 4.21. The van der Waals surface area contributed by atoms with Crippen molar-refractivity contribution in [2.24, 2.45) is 0 Å². The molecule has 1 atom stereocenters. The van der Waals surface area contributed by atoms with Crippen molar-refractivity contribution in [2.75, 3.05) is 0 Å². The van der Waals surface area contributed by atoms with Crippen LogP contribution in [0.4, 0.5) is 0 Å². The van der Waals surface area contributed by atoms with Crippen LogP contribution in [-0.4, -0.2) is 0 Å². The van der Waals surface area contributed by atoms with Crippen molar-refractivity contribution < 1.29 is 4.74 Å². The van der Waals surface area contributed by atoms with Gasteiger partial charge in [-0.25, -0.2) is 0 Å². The van der Waals surface area contributed by atoms with E-state index in [0.717, 1.165) is 17.1 Å². The van der Waals surface area contributed by atoms with Crippen molar-refractivity contribution in [3.63, 3.8) is 0 Å². The van der Waals surface area contributed by atoms with Gasteiger partial charge in [-0.2, -0.15) is 12.6 Å². The second-order valence-electron chi connectivity index (χ2n) is 3.46. The number of hydrogen-bond donors (Lipinski definition) is 1. The molecule has 4 heteroatoms. The Bertz CT molecular complexity index is 480. The first-order chi connectivity index (χ1) is 8.15. The molecule has 2 aromatic carbocycles. The van der Waals surface area contributed by atoms with E-state index in [1.54, 1.807) is 12.1 Å². The second kappa shape index (κ2) is 5.67. The summed E-state index contributed by atoms with van der Waals surface area (Å²) < 4.78 is 5.35. The standard InChI is InChI=1S/C13H10Cl2OS/c14-10-3-7-12(8-4-10)16-11-5-1-9(2-6-11)13(15)17/h1-8,13,17H. The molecule has 0 aromatic heterocycles. The van der Waals surface area contributed by atoms with E-state index in [2.05, 4.69) is 12.6 Å². The van der Waals surface area contributed by atoms with Crippen molar-refractivity contribution in [1.29, 1.82) is 0 Å². The zero-order chi connectivity index (χ0) is 12.3. The first-order valence-electron chi connectivity index (χ1n) is 5.01. The predicted molar refractivity (Wildman–Crippen MR) is 75.5 cm³/mol. The lowest BCUT2D eigenvalue weighted by Crippen LogP contribution is -1.85. The molecule has 88 valence electrons. The summed E-state index contributed by atoms with van der Waals surface area (Å²) in [6.45, 7) is 0. The predicted octanol–water partition coefficient (Wildman–Crippen LogP) is 5.30. The molecule has 0 spiro atoms. The molecule has 0 fully saturated rings. The van der Waals surface area contributed by atoms with Crippen molar-refractivity contribution in [3.05, 3.63) is 59.1 Å². The van der Waals surface area contributed by atoms with Gasteiger partial charge in [-0.15, -0.1) is 11.6 Å². The van der Waals surface area contributed by atoms with Crippen LogP contribution in [-0.2, 0) is 0 Å². The zero-order valence-corrected chi connectivity index (χ0v) is 11.2. The highest BCUT2D eigenvalue weighted by molar-refractivity contribution is 7.81. The van der Waals surface area contributed by atoms with Crippen molar-refractivity contribution >= 4 is 35.8 Å². The largest absolute Gasteiger partial charge is 0.457 e. The molecule has 0 radical (unpaired) electrons. The molecule has 0 saturated carbocycles. The first kappa shape index (κ1) is 12.6. The second-order valence-corrected chi connectivity index (χ2v) is 5.15. The highest BCUT2D eigenvalue weighted by Crippen LogP contribution is 2.28. The molecule has 17 heavy (non-hydrogen) atoms. The Labute approximate surface area is 116 Å². The summed E-state index contributed by atoms with van der Waals surface area (Å²) >= 11 is 15.8. The van der Waals surface area contributed by atoms with Crippen molar-refractivity contribution in [2.45, 2.75) is 4.71 Å². The van der Waals surface area contributed by atoms with Crippen LogP contribution in [0.1, 0.15) is 10.3 Å². The Balaban J connectivity index is 2.11. The van der Waals surface area contributed by atoms with Gasteiger partial charge in [0.25, 0.3) is 0 Å². The number of benzene rings is 2. The van der Waals surface area contributed by atoms with Gasteiger partial charge in [0.2, 0.25) is 0 Å². The number of thiol groups is 1. The topological polar surface area (TPSA) is 9.23 Å². The monoisotopic (exact) mass is 284 g/mol. The molecule has 1 nitrogen and oxygen atoms in total. The van der Waals surface area contributed by atoms with Gasteiger partial charge in [0, 0.05) is 5.02 Å². The number of alkyl halides is 1. The summed E-state index contributed by atoms with van der Waals surface area (Å²) in [5.41, 5.74) is 0.943. The van der Waals surface area contributed by atoms with Gasteiger partial charge in [-0.3, -0.25) is 0 Å². The Hall–Kier alpha value is -0.830.